The van der Waals surface area contributed by atoms with E-state index in [2.05, 4.69) is 10.3 Å². The highest BCUT2D eigenvalue weighted by Gasteiger charge is 2.18. The maximum absolute atomic E-state index is 14.0. The number of aryl methyl sites for hydroxylation is 1. The summed E-state index contributed by atoms with van der Waals surface area (Å²) in [5.41, 5.74) is 1.60. The highest BCUT2D eigenvalue weighted by atomic mass is 32.1. The minimum atomic E-state index is -0.317. The predicted molar refractivity (Wildman–Crippen MR) is 103 cm³/mol. The Hall–Kier alpha value is -2.93. The van der Waals surface area contributed by atoms with Crippen molar-refractivity contribution in [2.24, 2.45) is 0 Å². The molecule has 5 nitrogen and oxygen atoms in total. The molecule has 0 aliphatic rings. The van der Waals surface area contributed by atoms with E-state index < -0.39 is 0 Å². The van der Waals surface area contributed by atoms with E-state index in [9.17, 15) is 9.18 Å². The number of halogens is 1. The van der Waals surface area contributed by atoms with Crippen molar-refractivity contribution in [1.29, 1.82) is 0 Å². The molecule has 140 valence electrons. The second-order valence-corrected chi connectivity index (χ2v) is 6.81. The number of hydrogen-bond donors (Lipinski definition) is 1. The summed E-state index contributed by atoms with van der Waals surface area (Å²) in [6.45, 7) is 2.13. The Balaban J connectivity index is 1.78. The van der Waals surface area contributed by atoms with E-state index >= 15 is 0 Å². The maximum atomic E-state index is 14.0. The molecule has 3 aromatic rings. The second-order valence-electron chi connectivity index (χ2n) is 5.73. The van der Waals surface area contributed by atoms with Gasteiger partial charge in [0.25, 0.3) is 5.91 Å². The zero-order chi connectivity index (χ0) is 19.4. The summed E-state index contributed by atoms with van der Waals surface area (Å²) in [6, 6.07) is 11.6. The normalized spacial score (nSPS) is 10.5. The molecule has 1 aromatic heterocycles. The first-order valence-corrected chi connectivity index (χ1v) is 9.07. The van der Waals surface area contributed by atoms with Gasteiger partial charge in [0.15, 0.2) is 11.5 Å². The number of thiazole rings is 1. The summed E-state index contributed by atoms with van der Waals surface area (Å²) in [5.74, 6) is 0.264. The average Bonchev–Trinajstić information content (AvgIpc) is 3.06. The Morgan fingerprint density at radius 2 is 1.93 bits per heavy atom. The third-order valence-electron chi connectivity index (χ3n) is 4.05. The number of benzene rings is 2. The van der Waals surface area contributed by atoms with Gasteiger partial charge in [0.2, 0.25) is 0 Å². The van der Waals surface area contributed by atoms with Gasteiger partial charge in [0.05, 0.1) is 32.0 Å². The van der Waals surface area contributed by atoms with Crippen molar-refractivity contribution < 1.29 is 18.7 Å². The van der Waals surface area contributed by atoms with Crippen LogP contribution in [0.3, 0.4) is 0 Å². The van der Waals surface area contributed by atoms with Crippen LogP contribution in [0, 0.1) is 12.7 Å². The molecule has 0 atom stereocenters. The van der Waals surface area contributed by atoms with Crippen molar-refractivity contribution in [3.05, 3.63) is 64.4 Å². The minimum absolute atomic E-state index is 0.286. The van der Waals surface area contributed by atoms with Gasteiger partial charge < -0.3 is 14.8 Å². The number of para-hydroxylation sites is 1. The van der Waals surface area contributed by atoms with E-state index in [-0.39, 0.29) is 18.3 Å². The van der Waals surface area contributed by atoms with E-state index in [1.807, 2.05) is 6.92 Å². The predicted octanol–water partition coefficient (Wildman–Crippen LogP) is 4.20. The molecule has 0 bridgehead atoms. The van der Waals surface area contributed by atoms with Crippen LogP contribution in [0.5, 0.6) is 11.5 Å². The van der Waals surface area contributed by atoms with Crippen LogP contribution in [0.1, 0.15) is 20.9 Å². The molecule has 0 radical (unpaired) electrons. The quantitative estimate of drug-likeness (QED) is 0.690. The highest BCUT2D eigenvalue weighted by Crippen LogP contribution is 2.32. The first kappa shape index (κ1) is 18.8. The van der Waals surface area contributed by atoms with E-state index in [0.717, 1.165) is 10.6 Å². The molecule has 1 amide bonds. The van der Waals surface area contributed by atoms with E-state index in [1.165, 1.54) is 31.6 Å². The molecule has 0 saturated heterocycles. The average molecular weight is 386 g/mol. The zero-order valence-electron chi connectivity index (χ0n) is 15.2. The van der Waals surface area contributed by atoms with E-state index in [1.54, 1.807) is 36.4 Å². The van der Waals surface area contributed by atoms with Crippen molar-refractivity contribution in [3.63, 3.8) is 0 Å². The summed E-state index contributed by atoms with van der Waals surface area (Å²) in [7, 11) is 3.01. The van der Waals surface area contributed by atoms with Crippen molar-refractivity contribution >= 4 is 17.2 Å². The Labute approximate surface area is 160 Å². The summed E-state index contributed by atoms with van der Waals surface area (Å²) >= 11 is 1.36. The molecule has 0 unspecified atom stereocenters. The molecular formula is C20H19FN2O3S. The molecule has 2 aromatic carbocycles. The van der Waals surface area contributed by atoms with Gasteiger partial charge in [0.1, 0.15) is 10.8 Å². The van der Waals surface area contributed by atoms with Crippen LogP contribution in [0.15, 0.2) is 42.5 Å². The number of ether oxygens (including phenoxy) is 2. The number of hydrogen-bond acceptors (Lipinski definition) is 5. The van der Waals surface area contributed by atoms with Gasteiger partial charge in [0, 0.05) is 10.4 Å². The number of carbonyl (C=O) groups is 1. The SMILES string of the molecule is COc1cccc(C(=O)NCc2sc(-c3ccccc3F)nc2C)c1OC. The molecule has 0 saturated carbocycles. The fourth-order valence-electron chi connectivity index (χ4n) is 2.66. The summed E-state index contributed by atoms with van der Waals surface area (Å²) < 4.78 is 24.5. The molecule has 1 heterocycles. The summed E-state index contributed by atoms with van der Waals surface area (Å²) in [6.07, 6.45) is 0. The first-order valence-electron chi connectivity index (χ1n) is 8.25. The van der Waals surface area contributed by atoms with Crippen LogP contribution < -0.4 is 14.8 Å². The van der Waals surface area contributed by atoms with Crippen LogP contribution in [0.4, 0.5) is 4.39 Å². The molecule has 27 heavy (non-hydrogen) atoms. The van der Waals surface area contributed by atoms with Gasteiger partial charge in [-0.05, 0) is 31.2 Å². The van der Waals surface area contributed by atoms with Crippen molar-refractivity contribution in [3.8, 4) is 22.1 Å². The van der Waals surface area contributed by atoms with Crippen LogP contribution >= 0.6 is 11.3 Å². The molecule has 0 aliphatic heterocycles. The zero-order valence-corrected chi connectivity index (χ0v) is 16.0. The van der Waals surface area contributed by atoms with Crippen LogP contribution in [-0.4, -0.2) is 25.1 Å². The maximum Gasteiger partial charge on any atom is 0.255 e. The van der Waals surface area contributed by atoms with E-state index in [4.69, 9.17) is 9.47 Å². The lowest BCUT2D eigenvalue weighted by atomic mass is 10.1. The molecule has 0 aliphatic carbocycles. The fraction of sp³-hybridized carbons (Fsp3) is 0.200. The van der Waals surface area contributed by atoms with Gasteiger partial charge in [-0.15, -0.1) is 11.3 Å². The van der Waals surface area contributed by atoms with Gasteiger partial charge in [-0.25, -0.2) is 9.37 Å². The van der Waals surface area contributed by atoms with Crippen molar-refractivity contribution in [2.75, 3.05) is 14.2 Å². The monoisotopic (exact) mass is 386 g/mol. The Morgan fingerprint density at radius 1 is 1.15 bits per heavy atom. The van der Waals surface area contributed by atoms with Gasteiger partial charge in [-0.3, -0.25) is 4.79 Å². The van der Waals surface area contributed by atoms with Gasteiger partial charge in [-0.1, -0.05) is 18.2 Å². The van der Waals surface area contributed by atoms with Crippen LogP contribution in [0.25, 0.3) is 10.6 Å². The van der Waals surface area contributed by atoms with Crippen LogP contribution in [0.2, 0.25) is 0 Å². The number of amides is 1. The number of carbonyl (C=O) groups excluding carboxylic acids is 1. The highest BCUT2D eigenvalue weighted by molar-refractivity contribution is 7.15. The minimum Gasteiger partial charge on any atom is -0.493 e. The molecule has 1 N–H and O–H groups in total. The lowest BCUT2D eigenvalue weighted by Crippen LogP contribution is -2.23. The fourth-order valence-corrected chi connectivity index (χ4v) is 3.69. The topological polar surface area (TPSA) is 60.5 Å². The second kappa shape index (κ2) is 8.18. The summed E-state index contributed by atoms with van der Waals surface area (Å²) in [5, 5.41) is 3.46. The number of methoxy groups -OCH3 is 2. The first-order chi connectivity index (χ1) is 13.0. The summed E-state index contributed by atoms with van der Waals surface area (Å²) in [4.78, 5) is 17.9. The number of nitrogens with one attached hydrogen (secondary N) is 1. The Morgan fingerprint density at radius 3 is 2.63 bits per heavy atom. The third kappa shape index (κ3) is 3.93. The number of aromatic nitrogens is 1. The van der Waals surface area contributed by atoms with Crippen LogP contribution in [-0.2, 0) is 6.54 Å². The smallest absolute Gasteiger partial charge is 0.255 e. The molecule has 0 fully saturated rings. The standard InChI is InChI=1S/C20H19FN2O3S/c1-12-17(27-20(23-12)13-7-4-5-9-15(13)21)11-22-19(24)14-8-6-10-16(25-2)18(14)26-3/h4-10H,11H2,1-3H3,(H,22,24). The number of rotatable bonds is 6. The molecular weight excluding hydrogens is 367 g/mol. The largest absolute Gasteiger partial charge is 0.493 e. The van der Waals surface area contributed by atoms with Crippen molar-refractivity contribution in [1.82, 2.24) is 10.3 Å². The van der Waals surface area contributed by atoms with Gasteiger partial charge >= 0.3 is 0 Å². The molecule has 3 rings (SSSR count). The van der Waals surface area contributed by atoms with Crippen molar-refractivity contribution in [2.45, 2.75) is 13.5 Å². The molecule has 7 heteroatoms. The Bertz CT molecular complexity index is 972. The lowest BCUT2D eigenvalue weighted by molar-refractivity contribution is 0.0947. The molecule has 0 spiro atoms. The number of nitrogens with zero attached hydrogens (tertiary/aromatic N) is 1. The third-order valence-corrected chi connectivity index (χ3v) is 5.24. The Kier molecular flexibility index (Phi) is 5.71. The van der Waals surface area contributed by atoms with E-state index in [0.29, 0.717) is 27.6 Å². The van der Waals surface area contributed by atoms with Gasteiger partial charge in [-0.2, -0.15) is 0 Å². The lowest BCUT2D eigenvalue weighted by Gasteiger charge is -2.12.